The SMILES string of the molecule is CCn1c(NC(=O)Cc2ccc(OCc3c(C)noc3C)cc2)nc2ccccc21. The van der Waals surface area contributed by atoms with Crippen LogP contribution in [0.25, 0.3) is 11.0 Å². The second-order valence-corrected chi connectivity index (χ2v) is 7.13. The summed E-state index contributed by atoms with van der Waals surface area (Å²) in [5.74, 6) is 1.96. The fourth-order valence-corrected chi connectivity index (χ4v) is 3.41. The van der Waals surface area contributed by atoms with Crippen LogP contribution in [0.5, 0.6) is 5.75 Å². The normalized spacial score (nSPS) is 11.0. The van der Waals surface area contributed by atoms with Gasteiger partial charge in [0, 0.05) is 6.54 Å². The summed E-state index contributed by atoms with van der Waals surface area (Å²) >= 11 is 0. The third-order valence-corrected chi connectivity index (χ3v) is 5.07. The summed E-state index contributed by atoms with van der Waals surface area (Å²) in [6.45, 7) is 6.92. The number of anilines is 1. The van der Waals surface area contributed by atoms with Crippen LogP contribution in [-0.2, 0) is 24.4 Å². The molecule has 0 saturated heterocycles. The molecule has 0 saturated carbocycles. The van der Waals surface area contributed by atoms with Gasteiger partial charge in [-0.05, 0) is 50.6 Å². The first-order valence-electron chi connectivity index (χ1n) is 9.93. The summed E-state index contributed by atoms with van der Waals surface area (Å²) in [5, 5.41) is 6.86. The molecule has 0 radical (unpaired) electrons. The van der Waals surface area contributed by atoms with E-state index in [9.17, 15) is 4.79 Å². The molecule has 0 unspecified atom stereocenters. The van der Waals surface area contributed by atoms with Crippen LogP contribution in [-0.4, -0.2) is 20.6 Å². The summed E-state index contributed by atoms with van der Waals surface area (Å²) in [5.41, 5.74) is 4.57. The molecule has 0 aliphatic carbocycles. The maximum atomic E-state index is 12.6. The minimum Gasteiger partial charge on any atom is -0.489 e. The van der Waals surface area contributed by atoms with Gasteiger partial charge in [0.25, 0.3) is 0 Å². The Morgan fingerprint density at radius 1 is 1.13 bits per heavy atom. The number of para-hydroxylation sites is 2. The largest absolute Gasteiger partial charge is 0.489 e. The lowest BCUT2D eigenvalue weighted by Crippen LogP contribution is -2.17. The maximum absolute atomic E-state index is 12.6. The summed E-state index contributed by atoms with van der Waals surface area (Å²) in [6, 6.07) is 15.4. The van der Waals surface area contributed by atoms with Crippen molar-refractivity contribution in [1.82, 2.24) is 14.7 Å². The van der Waals surface area contributed by atoms with Crippen LogP contribution in [0.3, 0.4) is 0 Å². The summed E-state index contributed by atoms with van der Waals surface area (Å²) in [7, 11) is 0. The number of carbonyl (C=O) groups is 1. The number of nitrogens with zero attached hydrogens (tertiary/aromatic N) is 3. The average Bonchev–Trinajstić information content (AvgIpc) is 3.26. The van der Waals surface area contributed by atoms with E-state index in [2.05, 4.69) is 15.5 Å². The van der Waals surface area contributed by atoms with Crippen molar-refractivity contribution in [3.63, 3.8) is 0 Å². The summed E-state index contributed by atoms with van der Waals surface area (Å²) in [4.78, 5) is 17.1. The van der Waals surface area contributed by atoms with Gasteiger partial charge in [0.2, 0.25) is 11.9 Å². The molecular formula is C23H24N4O3. The molecule has 154 valence electrons. The van der Waals surface area contributed by atoms with E-state index < -0.39 is 0 Å². The first kappa shape index (κ1) is 19.7. The van der Waals surface area contributed by atoms with Crippen molar-refractivity contribution in [2.75, 3.05) is 5.32 Å². The molecule has 7 heteroatoms. The fourth-order valence-electron chi connectivity index (χ4n) is 3.41. The van der Waals surface area contributed by atoms with Crippen LogP contribution in [0, 0.1) is 13.8 Å². The van der Waals surface area contributed by atoms with Gasteiger partial charge < -0.3 is 13.8 Å². The molecule has 2 aromatic heterocycles. The lowest BCUT2D eigenvalue weighted by Gasteiger charge is -2.09. The first-order valence-corrected chi connectivity index (χ1v) is 9.93. The molecule has 4 aromatic rings. The topological polar surface area (TPSA) is 82.2 Å². The zero-order valence-electron chi connectivity index (χ0n) is 17.3. The second kappa shape index (κ2) is 8.41. The van der Waals surface area contributed by atoms with Crippen molar-refractivity contribution in [3.8, 4) is 5.75 Å². The molecule has 2 heterocycles. The van der Waals surface area contributed by atoms with E-state index in [0.717, 1.165) is 45.9 Å². The van der Waals surface area contributed by atoms with Crippen molar-refractivity contribution < 1.29 is 14.1 Å². The number of amides is 1. The first-order chi connectivity index (χ1) is 14.5. The van der Waals surface area contributed by atoms with Gasteiger partial charge in [-0.25, -0.2) is 4.98 Å². The number of fused-ring (bicyclic) bond motifs is 1. The van der Waals surface area contributed by atoms with Crippen LogP contribution >= 0.6 is 0 Å². The van der Waals surface area contributed by atoms with E-state index >= 15 is 0 Å². The number of rotatable bonds is 7. The highest BCUT2D eigenvalue weighted by molar-refractivity contribution is 5.92. The summed E-state index contributed by atoms with van der Waals surface area (Å²) in [6.07, 6.45) is 0.261. The highest BCUT2D eigenvalue weighted by Gasteiger charge is 2.13. The van der Waals surface area contributed by atoms with Gasteiger partial charge in [0.05, 0.1) is 28.7 Å². The van der Waals surface area contributed by atoms with E-state index in [1.54, 1.807) is 0 Å². The lowest BCUT2D eigenvalue weighted by molar-refractivity contribution is -0.115. The smallest absolute Gasteiger partial charge is 0.231 e. The van der Waals surface area contributed by atoms with Crippen LogP contribution < -0.4 is 10.1 Å². The zero-order valence-corrected chi connectivity index (χ0v) is 17.3. The van der Waals surface area contributed by atoms with Crippen LogP contribution in [0.4, 0.5) is 5.95 Å². The van der Waals surface area contributed by atoms with E-state index in [-0.39, 0.29) is 12.3 Å². The van der Waals surface area contributed by atoms with Gasteiger partial charge in [-0.3, -0.25) is 10.1 Å². The number of benzene rings is 2. The average molecular weight is 404 g/mol. The number of nitrogens with one attached hydrogen (secondary N) is 1. The number of hydrogen-bond donors (Lipinski definition) is 1. The number of carbonyl (C=O) groups excluding carboxylic acids is 1. The maximum Gasteiger partial charge on any atom is 0.231 e. The molecule has 0 spiro atoms. The standard InChI is InChI=1S/C23H24N4O3/c1-4-27-21-8-6-5-7-20(21)24-23(27)25-22(28)13-17-9-11-18(12-10-17)29-14-19-15(2)26-30-16(19)3/h5-12H,4,13-14H2,1-3H3,(H,24,25,28). The molecule has 0 aliphatic rings. The molecule has 30 heavy (non-hydrogen) atoms. The second-order valence-electron chi connectivity index (χ2n) is 7.13. The van der Waals surface area contributed by atoms with Gasteiger partial charge in [-0.2, -0.15) is 0 Å². The van der Waals surface area contributed by atoms with E-state index in [1.165, 1.54) is 0 Å². The van der Waals surface area contributed by atoms with Crippen molar-refractivity contribution in [2.24, 2.45) is 0 Å². The Morgan fingerprint density at radius 2 is 1.90 bits per heavy atom. The third kappa shape index (κ3) is 4.05. The molecule has 0 atom stereocenters. The lowest BCUT2D eigenvalue weighted by atomic mass is 10.1. The van der Waals surface area contributed by atoms with Gasteiger partial charge in [0.1, 0.15) is 18.1 Å². The van der Waals surface area contributed by atoms with Gasteiger partial charge in [-0.1, -0.05) is 29.4 Å². The van der Waals surface area contributed by atoms with Crippen LogP contribution in [0.2, 0.25) is 0 Å². The molecule has 4 rings (SSSR count). The molecule has 1 N–H and O–H groups in total. The highest BCUT2D eigenvalue weighted by Crippen LogP contribution is 2.21. The van der Waals surface area contributed by atoms with E-state index in [1.807, 2.05) is 73.9 Å². The number of hydrogen-bond acceptors (Lipinski definition) is 5. The third-order valence-electron chi connectivity index (χ3n) is 5.07. The number of ether oxygens (including phenoxy) is 1. The van der Waals surface area contributed by atoms with Crippen molar-refractivity contribution in [3.05, 3.63) is 71.1 Å². The molecule has 7 nitrogen and oxygen atoms in total. The molecule has 2 aromatic carbocycles. The van der Waals surface area contributed by atoms with Gasteiger partial charge in [-0.15, -0.1) is 0 Å². The Hall–Kier alpha value is -3.61. The molecule has 0 aliphatic heterocycles. The van der Waals surface area contributed by atoms with Crippen molar-refractivity contribution in [2.45, 2.75) is 40.3 Å². The minimum absolute atomic E-state index is 0.107. The van der Waals surface area contributed by atoms with E-state index in [0.29, 0.717) is 12.6 Å². The highest BCUT2D eigenvalue weighted by atomic mass is 16.5. The monoisotopic (exact) mass is 404 g/mol. The Kier molecular flexibility index (Phi) is 5.52. The quantitative estimate of drug-likeness (QED) is 0.493. The zero-order chi connectivity index (χ0) is 21.1. The van der Waals surface area contributed by atoms with E-state index in [4.69, 9.17) is 9.26 Å². The number of imidazole rings is 1. The molecular weight excluding hydrogens is 380 g/mol. The molecule has 1 amide bonds. The number of aryl methyl sites for hydroxylation is 3. The van der Waals surface area contributed by atoms with Gasteiger partial charge in [0.15, 0.2) is 0 Å². The predicted molar refractivity (Wildman–Crippen MR) is 114 cm³/mol. The Bertz CT molecular complexity index is 1160. The van der Waals surface area contributed by atoms with Gasteiger partial charge >= 0.3 is 0 Å². The molecule has 0 bridgehead atoms. The van der Waals surface area contributed by atoms with Crippen molar-refractivity contribution in [1.29, 1.82) is 0 Å². The number of aromatic nitrogens is 3. The van der Waals surface area contributed by atoms with Crippen molar-refractivity contribution >= 4 is 22.9 Å². The van der Waals surface area contributed by atoms with Crippen LogP contribution in [0.1, 0.15) is 29.5 Å². The molecule has 0 fully saturated rings. The Balaban J connectivity index is 1.38. The fraction of sp³-hybridized carbons (Fsp3) is 0.261. The predicted octanol–water partition coefficient (Wildman–Crippen LogP) is 4.42. The summed E-state index contributed by atoms with van der Waals surface area (Å²) < 4.78 is 13.0. The Labute approximate surface area is 174 Å². The Morgan fingerprint density at radius 3 is 2.60 bits per heavy atom. The van der Waals surface area contributed by atoms with Crippen LogP contribution in [0.15, 0.2) is 53.1 Å². The minimum atomic E-state index is -0.107.